The Hall–Kier alpha value is -1.39. The second kappa shape index (κ2) is 5.98. The quantitative estimate of drug-likeness (QED) is 0.901. The molecule has 0 saturated carbocycles. The number of ether oxygens (including phenoxy) is 1. The summed E-state index contributed by atoms with van der Waals surface area (Å²) in [5.74, 6) is 0.894. The molecule has 0 aliphatic rings. The third-order valence-corrected chi connectivity index (χ3v) is 3.82. The number of benzene rings is 1. The Morgan fingerprint density at radius 1 is 1.39 bits per heavy atom. The van der Waals surface area contributed by atoms with Crippen LogP contribution in [0.4, 0.5) is 0 Å². The van der Waals surface area contributed by atoms with Crippen LogP contribution in [-0.4, -0.2) is 4.98 Å². The van der Waals surface area contributed by atoms with E-state index in [4.69, 9.17) is 10.5 Å². The molecule has 0 aliphatic carbocycles. The summed E-state index contributed by atoms with van der Waals surface area (Å²) in [5, 5.41) is 3.21. The van der Waals surface area contributed by atoms with Crippen molar-refractivity contribution in [3.05, 3.63) is 45.4 Å². The first-order valence-electron chi connectivity index (χ1n) is 6.09. The SMILES string of the molecule is CCc1nc(COc2c(C)cccc2CN)cs1. The predicted octanol–water partition coefficient (Wildman–Crippen LogP) is 3.05. The molecular weight excluding hydrogens is 244 g/mol. The highest BCUT2D eigenvalue weighted by atomic mass is 32.1. The Labute approximate surface area is 112 Å². The Bertz CT molecular complexity index is 522. The molecule has 0 spiro atoms. The van der Waals surface area contributed by atoms with Gasteiger partial charge in [0.2, 0.25) is 0 Å². The normalized spacial score (nSPS) is 10.6. The average molecular weight is 262 g/mol. The van der Waals surface area contributed by atoms with E-state index in [9.17, 15) is 0 Å². The molecule has 0 atom stereocenters. The van der Waals surface area contributed by atoms with E-state index in [0.717, 1.165) is 34.0 Å². The zero-order valence-electron chi connectivity index (χ0n) is 10.8. The Kier molecular flexibility index (Phi) is 4.33. The number of aryl methyl sites for hydroxylation is 2. The summed E-state index contributed by atoms with van der Waals surface area (Å²) in [6.07, 6.45) is 0.975. The van der Waals surface area contributed by atoms with Crippen LogP contribution in [0.3, 0.4) is 0 Å². The summed E-state index contributed by atoms with van der Waals surface area (Å²) in [6.45, 7) is 5.15. The van der Waals surface area contributed by atoms with Crippen LogP contribution in [0.2, 0.25) is 0 Å². The molecule has 4 heteroatoms. The largest absolute Gasteiger partial charge is 0.487 e. The Balaban J connectivity index is 2.10. The third-order valence-electron chi connectivity index (χ3n) is 2.78. The van der Waals surface area contributed by atoms with Gasteiger partial charge >= 0.3 is 0 Å². The Morgan fingerprint density at radius 3 is 2.89 bits per heavy atom. The number of hydrogen-bond acceptors (Lipinski definition) is 4. The third kappa shape index (κ3) is 2.89. The molecule has 0 radical (unpaired) electrons. The second-order valence-electron chi connectivity index (χ2n) is 4.14. The van der Waals surface area contributed by atoms with Gasteiger partial charge in [-0.2, -0.15) is 0 Å². The van der Waals surface area contributed by atoms with Crippen molar-refractivity contribution in [1.29, 1.82) is 0 Å². The number of aromatic nitrogens is 1. The number of thiazole rings is 1. The maximum absolute atomic E-state index is 5.87. The lowest BCUT2D eigenvalue weighted by Crippen LogP contribution is -2.04. The van der Waals surface area contributed by atoms with E-state index in [0.29, 0.717) is 13.2 Å². The molecule has 0 amide bonds. The van der Waals surface area contributed by atoms with Gasteiger partial charge in [0, 0.05) is 17.5 Å². The molecule has 2 N–H and O–H groups in total. The molecule has 0 bridgehead atoms. The van der Waals surface area contributed by atoms with Crippen LogP contribution in [0.1, 0.15) is 28.8 Å². The maximum atomic E-state index is 5.87. The van der Waals surface area contributed by atoms with E-state index >= 15 is 0 Å². The molecule has 1 aromatic heterocycles. The first-order chi connectivity index (χ1) is 8.74. The fourth-order valence-corrected chi connectivity index (χ4v) is 2.53. The van der Waals surface area contributed by atoms with Crippen LogP contribution in [0.15, 0.2) is 23.6 Å². The number of rotatable bonds is 5. The maximum Gasteiger partial charge on any atom is 0.131 e. The fourth-order valence-electron chi connectivity index (χ4n) is 1.80. The van der Waals surface area contributed by atoms with Gasteiger partial charge < -0.3 is 10.5 Å². The molecule has 0 unspecified atom stereocenters. The van der Waals surface area contributed by atoms with Crippen molar-refractivity contribution >= 4 is 11.3 Å². The van der Waals surface area contributed by atoms with Crippen LogP contribution in [0, 0.1) is 6.92 Å². The first kappa shape index (κ1) is 13.1. The zero-order chi connectivity index (χ0) is 13.0. The number of nitrogens with zero attached hydrogens (tertiary/aromatic N) is 1. The van der Waals surface area contributed by atoms with Gasteiger partial charge in [0.25, 0.3) is 0 Å². The highest BCUT2D eigenvalue weighted by molar-refractivity contribution is 7.09. The highest BCUT2D eigenvalue weighted by Crippen LogP contribution is 2.24. The highest BCUT2D eigenvalue weighted by Gasteiger charge is 2.07. The number of para-hydroxylation sites is 1. The van der Waals surface area contributed by atoms with Gasteiger partial charge in [0.15, 0.2) is 0 Å². The fraction of sp³-hybridized carbons (Fsp3) is 0.357. The first-order valence-corrected chi connectivity index (χ1v) is 6.97. The van der Waals surface area contributed by atoms with Gasteiger partial charge in [-0.1, -0.05) is 25.1 Å². The van der Waals surface area contributed by atoms with Gasteiger partial charge in [0.05, 0.1) is 10.7 Å². The molecule has 1 heterocycles. The standard InChI is InChI=1S/C14H18N2OS/c1-3-13-16-12(9-18-13)8-17-14-10(2)5-4-6-11(14)7-15/h4-6,9H,3,7-8,15H2,1-2H3. The van der Waals surface area contributed by atoms with E-state index in [1.165, 1.54) is 0 Å². The molecule has 2 rings (SSSR count). The minimum absolute atomic E-state index is 0.494. The van der Waals surface area contributed by atoms with E-state index in [2.05, 4.69) is 17.3 Å². The lowest BCUT2D eigenvalue weighted by atomic mass is 10.1. The van der Waals surface area contributed by atoms with E-state index in [1.54, 1.807) is 11.3 Å². The Morgan fingerprint density at radius 2 is 2.22 bits per heavy atom. The predicted molar refractivity (Wildman–Crippen MR) is 74.9 cm³/mol. The second-order valence-corrected chi connectivity index (χ2v) is 5.08. The van der Waals surface area contributed by atoms with Crippen molar-refractivity contribution < 1.29 is 4.74 Å². The smallest absolute Gasteiger partial charge is 0.131 e. The van der Waals surface area contributed by atoms with E-state index in [-0.39, 0.29) is 0 Å². The van der Waals surface area contributed by atoms with Crippen LogP contribution >= 0.6 is 11.3 Å². The summed E-state index contributed by atoms with van der Waals surface area (Å²) >= 11 is 1.68. The van der Waals surface area contributed by atoms with Crippen LogP contribution < -0.4 is 10.5 Å². The molecule has 0 aliphatic heterocycles. The van der Waals surface area contributed by atoms with Crippen LogP contribution in [-0.2, 0) is 19.6 Å². The lowest BCUT2D eigenvalue weighted by molar-refractivity contribution is 0.296. The molecular formula is C14H18N2OS. The number of hydrogen-bond donors (Lipinski definition) is 1. The summed E-state index contributed by atoms with van der Waals surface area (Å²) in [6, 6.07) is 6.04. The summed E-state index contributed by atoms with van der Waals surface area (Å²) in [7, 11) is 0. The zero-order valence-corrected chi connectivity index (χ0v) is 11.6. The molecule has 0 fully saturated rings. The topological polar surface area (TPSA) is 48.1 Å². The summed E-state index contributed by atoms with van der Waals surface area (Å²) < 4.78 is 5.87. The van der Waals surface area contributed by atoms with Gasteiger partial charge in [0.1, 0.15) is 12.4 Å². The van der Waals surface area contributed by atoms with Crippen molar-refractivity contribution in [3.63, 3.8) is 0 Å². The molecule has 2 aromatic rings. The van der Waals surface area contributed by atoms with Crippen LogP contribution in [0.25, 0.3) is 0 Å². The van der Waals surface area contributed by atoms with Crippen LogP contribution in [0.5, 0.6) is 5.75 Å². The molecule has 0 saturated heterocycles. The summed E-state index contributed by atoms with van der Waals surface area (Å²) in [4.78, 5) is 4.49. The molecule has 1 aromatic carbocycles. The van der Waals surface area contributed by atoms with Crippen molar-refractivity contribution in [3.8, 4) is 5.75 Å². The minimum atomic E-state index is 0.494. The van der Waals surface area contributed by atoms with E-state index < -0.39 is 0 Å². The molecule has 18 heavy (non-hydrogen) atoms. The number of nitrogens with two attached hydrogens (primary N) is 1. The van der Waals surface area contributed by atoms with E-state index in [1.807, 2.05) is 25.1 Å². The van der Waals surface area contributed by atoms with Crippen molar-refractivity contribution in [2.45, 2.75) is 33.4 Å². The monoisotopic (exact) mass is 262 g/mol. The van der Waals surface area contributed by atoms with Gasteiger partial charge in [-0.15, -0.1) is 11.3 Å². The molecule has 96 valence electrons. The van der Waals surface area contributed by atoms with Gasteiger partial charge in [-0.05, 0) is 18.9 Å². The lowest BCUT2D eigenvalue weighted by Gasteiger charge is -2.12. The average Bonchev–Trinajstić information content (AvgIpc) is 2.85. The van der Waals surface area contributed by atoms with Crippen molar-refractivity contribution in [1.82, 2.24) is 4.98 Å². The van der Waals surface area contributed by atoms with Crippen molar-refractivity contribution in [2.24, 2.45) is 5.73 Å². The summed E-state index contributed by atoms with van der Waals surface area (Å²) in [5.41, 5.74) is 8.87. The van der Waals surface area contributed by atoms with Gasteiger partial charge in [-0.3, -0.25) is 0 Å². The van der Waals surface area contributed by atoms with Gasteiger partial charge in [-0.25, -0.2) is 4.98 Å². The minimum Gasteiger partial charge on any atom is -0.487 e. The van der Waals surface area contributed by atoms with Crippen molar-refractivity contribution in [2.75, 3.05) is 0 Å². The molecule has 3 nitrogen and oxygen atoms in total.